The first-order chi connectivity index (χ1) is 35.7. The van der Waals surface area contributed by atoms with Crippen molar-refractivity contribution in [2.24, 2.45) is 5.92 Å². The molecule has 6 heterocycles. The fourth-order valence-corrected chi connectivity index (χ4v) is 10.2. The van der Waals surface area contributed by atoms with E-state index in [4.69, 9.17) is 0 Å². The van der Waals surface area contributed by atoms with Gasteiger partial charge in [0.25, 0.3) is 17.4 Å². The summed E-state index contributed by atoms with van der Waals surface area (Å²) in [4.78, 5) is 88.7. The van der Waals surface area contributed by atoms with Crippen molar-refractivity contribution in [1.82, 2.24) is 55.0 Å². The predicted molar refractivity (Wildman–Crippen MR) is 270 cm³/mol. The Balaban J connectivity index is 0.731. The second-order valence-electron chi connectivity index (χ2n) is 18.6. The lowest BCUT2D eigenvalue weighted by molar-refractivity contribution is -0.134. The van der Waals surface area contributed by atoms with Gasteiger partial charge in [-0.15, -0.1) is 0 Å². The molecule has 4 amide bonds. The third kappa shape index (κ3) is 13.1. The molecule has 3 saturated heterocycles. The zero-order valence-electron chi connectivity index (χ0n) is 40.3. The molecule has 74 heavy (non-hydrogen) atoms. The monoisotopic (exact) mass is 1030 g/mol. The number of aromatic amines is 1. The Morgan fingerprint density at radius 1 is 0.757 bits per heavy atom. The smallest absolute Gasteiger partial charge is 0.338 e. The maximum Gasteiger partial charge on any atom is 0.446 e. The van der Waals surface area contributed by atoms with E-state index in [0.29, 0.717) is 90.6 Å². The van der Waals surface area contributed by atoms with Crippen LogP contribution >= 0.6 is 11.8 Å². The zero-order valence-corrected chi connectivity index (χ0v) is 41.1. The van der Waals surface area contributed by atoms with Crippen molar-refractivity contribution in [3.63, 3.8) is 0 Å². The minimum atomic E-state index is -4.48. The number of piperidine rings is 1. The van der Waals surface area contributed by atoms with Crippen LogP contribution < -0.4 is 16.2 Å². The molecular formula is C52H54F4N12O5S. The van der Waals surface area contributed by atoms with Gasteiger partial charge in [-0.25, -0.2) is 24.4 Å². The Hall–Kier alpha value is -7.14. The molecule has 3 aliphatic heterocycles. The largest absolute Gasteiger partial charge is 0.446 e. The van der Waals surface area contributed by atoms with E-state index in [1.807, 2.05) is 6.07 Å². The molecule has 3 aromatic heterocycles. The summed E-state index contributed by atoms with van der Waals surface area (Å²) in [6, 6.07) is 20.7. The van der Waals surface area contributed by atoms with Crippen LogP contribution in [0.5, 0.6) is 0 Å². The number of likely N-dealkylation sites (tertiary alicyclic amines) is 1. The van der Waals surface area contributed by atoms with Gasteiger partial charge in [0.15, 0.2) is 5.69 Å². The molecule has 0 bridgehead atoms. The minimum Gasteiger partial charge on any atom is -0.338 e. The van der Waals surface area contributed by atoms with E-state index < -0.39 is 23.1 Å². The van der Waals surface area contributed by atoms with Crippen LogP contribution in [0.15, 0.2) is 107 Å². The Labute approximate surface area is 427 Å². The molecule has 17 nitrogen and oxygen atoms in total. The highest BCUT2D eigenvalue weighted by molar-refractivity contribution is 8.00. The molecule has 9 rings (SSSR count). The first kappa shape index (κ1) is 51.7. The molecule has 0 aliphatic carbocycles. The zero-order chi connectivity index (χ0) is 51.8. The summed E-state index contributed by atoms with van der Waals surface area (Å²) in [5.74, 6) is -1.59. The second-order valence-corrected chi connectivity index (χ2v) is 19.7. The molecule has 3 fully saturated rings. The first-order valence-corrected chi connectivity index (χ1v) is 25.2. The van der Waals surface area contributed by atoms with E-state index >= 15 is 4.39 Å². The van der Waals surface area contributed by atoms with Gasteiger partial charge >= 0.3 is 5.51 Å². The Morgan fingerprint density at radius 2 is 1.49 bits per heavy atom. The number of fused-ring (bicyclic) bond motifs is 1. The van der Waals surface area contributed by atoms with Gasteiger partial charge in [-0.1, -0.05) is 36.4 Å². The molecule has 0 unspecified atom stereocenters. The molecule has 3 N–H and O–H groups in total. The van der Waals surface area contributed by atoms with Crippen molar-refractivity contribution in [2.45, 2.75) is 36.2 Å². The number of alkyl halides is 3. The summed E-state index contributed by atoms with van der Waals surface area (Å²) in [7, 11) is 0. The number of aromatic nitrogens is 5. The molecule has 0 spiro atoms. The highest BCUT2D eigenvalue weighted by Crippen LogP contribution is 2.38. The van der Waals surface area contributed by atoms with Crippen LogP contribution in [0.2, 0.25) is 0 Å². The number of hydrogen-bond donors (Lipinski definition) is 3. The highest BCUT2D eigenvalue weighted by Gasteiger charge is 2.32. The van der Waals surface area contributed by atoms with E-state index in [1.54, 1.807) is 63.4 Å². The summed E-state index contributed by atoms with van der Waals surface area (Å²) in [5, 5.41) is 13.7. The maximum absolute atomic E-state index is 15.1. The number of rotatable bonds is 15. The first-order valence-electron chi connectivity index (χ1n) is 24.4. The minimum absolute atomic E-state index is 0.0118. The number of hydrogen-bond acceptors (Lipinski definition) is 13. The van der Waals surface area contributed by atoms with Crippen LogP contribution in [0.3, 0.4) is 0 Å². The summed E-state index contributed by atoms with van der Waals surface area (Å²) in [6.45, 7) is 6.41. The summed E-state index contributed by atoms with van der Waals surface area (Å²) in [5.41, 5.74) is -1.84. The Bertz CT molecular complexity index is 3050. The topological polar surface area (TPSA) is 193 Å². The van der Waals surface area contributed by atoms with Crippen LogP contribution in [-0.4, -0.2) is 164 Å². The molecule has 22 heteroatoms. The average molecular weight is 1040 g/mol. The molecule has 0 radical (unpaired) electrons. The summed E-state index contributed by atoms with van der Waals surface area (Å²) >= 11 is -0.233. The molecule has 3 aromatic carbocycles. The molecular weight excluding hydrogens is 981 g/mol. The number of thioether (sulfide) groups is 1. The van der Waals surface area contributed by atoms with Gasteiger partial charge in [-0.05, 0) is 84.1 Å². The summed E-state index contributed by atoms with van der Waals surface area (Å²) < 4.78 is 54.7. The van der Waals surface area contributed by atoms with Crippen LogP contribution in [0.4, 0.5) is 23.2 Å². The van der Waals surface area contributed by atoms with Gasteiger partial charge < -0.3 is 30.2 Å². The van der Waals surface area contributed by atoms with Crippen LogP contribution in [0.25, 0.3) is 21.9 Å². The Kier molecular flexibility index (Phi) is 16.3. The van der Waals surface area contributed by atoms with Crippen LogP contribution in [0.1, 0.15) is 50.6 Å². The number of piperazine rings is 2. The van der Waals surface area contributed by atoms with Gasteiger partial charge in [-0.3, -0.25) is 28.9 Å². The van der Waals surface area contributed by atoms with E-state index in [1.165, 1.54) is 42.9 Å². The number of pyridine rings is 1. The van der Waals surface area contributed by atoms with E-state index in [0.717, 1.165) is 32.5 Å². The standard InChI is InChI=1S/C52H54F4N12O5S/c53-43-9-8-35(25-44-40-6-1-2-7-41(40)49(71)63-62-44)24-42(43)50(72)68-22-20-66(21-23-68)47(70)32-65-18-16-64(17-19-65)31-34-11-14-67(15-12-34)51(73)48-45(61-46(69)30-58-29-38-10-13-57-33-60-38)27-37(28-59-48)36-4-3-5-39(26-36)74-52(54,55)56/h1-10,13,24,26-28,33-34,58H,11-12,14-23,25,29-32H2,(H,61,69)(H,63,71). The number of anilines is 1. The number of carbonyl (C=O) groups is 4. The van der Waals surface area contributed by atoms with Crippen molar-refractivity contribution in [1.29, 1.82) is 0 Å². The lowest BCUT2D eigenvalue weighted by Gasteiger charge is -2.40. The number of nitrogens with zero attached hydrogens (tertiary/aromatic N) is 9. The lowest BCUT2D eigenvalue weighted by Crippen LogP contribution is -2.55. The predicted octanol–water partition coefficient (Wildman–Crippen LogP) is 5.30. The van der Waals surface area contributed by atoms with E-state index in [2.05, 4.69) is 45.6 Å². The molecule has 6 aromatic rings. The van der Waals surface area contributed by atoms with Crippen molar-refractivity contribution < 1.29 is 36.7 Å². The van der Waals surface area contributed by atoms with Gasteiger partial charge in [0.05, 0.1) is 41.1 Å². The van der Waals surface area contributed by atoms with Gasteiger partial charge in [0.1, 0.15) is 12.1 Å². The fraction of sp³-hybridized carbons (Fsp3) is 0.365. The second kappa shape index (κ2) is 23.4. The normalized spacial score (nSPS) is 16.1. The van der Waals surface area contributed by atoms with Crippen LogP contribution in [-0.2, 0) is 22.6 Å². The molecule has 386 valence electrons. The number of H-pyrrole nitrogens is 1. The average Bonchev–Trinajstić information content (AvgIpc) is 3.40. The number of halogens is 4. The fourth-order valence-electron chi connectivity index (χ4n) is 9.61. The van der Waals surface area contributed by atoms with Gasteiger partial charge in [0.2, 0.25) is 11.8 Å². The number of amides is 4. The van der Waals surface area contributed by atoms with Crippen molar-refractivity contribution in [3.05, 3.63) is 142 Å². The number of benzene rings is 3. The van der Waals surface area contributed by atoms with E-state index in [-0.39, 0.29) is 83.6 Å². The summed E-state index contributed by atoms with van der Waals surface area (Å²) in [6.07, 6.45) is 6.20. The van der Waals surface area contributed by atoms with Crippen molar-refractivity contribution in [2.75, 3.05) is 90.4 Å². The molecule has 0 saturated carbocycles. The lowest BCUT2D eigenvalue weighted by atomic mass is 9.95. The van der Waals surface area contributed by atoms with Crippen molar-refractivity contribution >= 4 is 51.9 Å². The van der Waals surface area contributed by atoms with Gasteiger partial charge in [-0.2, -0.15) is 18.3 Å². The quantitative estimate of drug-likeness (QED) is 0.0888. The molecule has 3 aliphatic rings. The maximum atomic E-state index is 15.1. The Morgan fingerprint density at radius 3 is 2.23 bits per heavy atom. The number of nitrogens with one attached hydrogen (secondary N) is 3. The van der Waals surface area contributed by atoms with Crippen LogP contribution in [0, 0.1) is 11.7 Å². The SMILES string of the molecule is O=C(CNCc1ccncn1)Nc1cc(-c2cccc(SC(F)(F)F)c2)cnc1C(=O)N1CCC(CN2CCN(CC(=O)N3CCN(C(=O)c4cc(Cc5n[nH]c(=O)c6ccccc56)ccc4F)CC3)CC2)CC1. The third-order valence-corrected chi connectivity index (χ3v) is 14.3. The van der Waals surface area contributed by atoms with Crippen molar-refractivity contribution in [3.8, 4) is 11.1 Å². The highest BCUT2D eigenvalue weighted by atomic mass is 32.2. The number of carbonyl (C=O) groups excluding carboxylic acids is 4. The van der Waals surface area contributed by atoms with Gasteiger partial charge in [0, 0.05) is 113 Å². The molecule has 0 atom stereocenters. The third-order valence-electron chi connectivity index (χ3n) is 13.6. The van der Waals surface area contributed by atoms with E-state index in [9.17, 15) is 37.1 Å².